The molecular weight excluding hydrogens is 532 g/mol. The summed E-state index contributed by atoms with van der Waals surface area (Å²) in [5.41, 5.74) is 15.0. The van der Waals surface area contributed by atoms with Crippen molar-refractivity contribution in [2.75, 3.05) is 19.0 Å². The van der Waals surface area contributed by atoms with Crippen LogP contribution < -0.4 is 17.3 Å². The van der Waals surface area contributed by atoms with E-state index in [-0.39, 0.29) is 23.2 Å². The Hall–Kier alpha value is -3.62. The van der Waals surface area contributed by atoms with Gasteiger partial charge >= 0.3 is 0 Å². The highest BCUT2D eigenvalue weighted by Gasteiger charge is 2.42. The summed E-state index contributed by atoms with van der Waals surface area (Å²) in [4.78, 5) is 2.37. The monoisotopic (exact) mass is 574 g/mol. The van der Waals surface area contributed by atoms with Crippen LogP contribution in [-0.2, 0) is 10.8 Å². The Morgan fingerprint density at radius 3 is 2.14 bits per heavy atom. The van der Waals surface area contributed by atoms with Crippen molar-refractivity contribution >= 4 is 22.7 Å². The van der Waals surface area contributed by atoms with Crippen LogP contribution >= 0.6 is 0 Å². The van der Waals surface area contributed by atoms with E-state index in [1.165, 1.54) is 61.8 Å². The van der Waals surface area contributed by atoms with Crippen molar-refractivity contribution in [1.29, 1.82) is 0 Å². The zero-order chi connectivity index (χ0) is 28.9. The van der Waals surface area contributed by atoms with Gasteiger partial charge in [0.2, 0.25) is 5.69 Å². The number of likely N-dealkylation sites (N-methyl/N-ethyl adjacent to an activating group) is 1. The molecule has 2 heterocycles. The van der Waals surface area contributed by atoms with Gasteiger partial charge in [0.15, 0.2) is 5.71 Å². The second-order valence-corrected chi connectivity index (χ2v) is 12.9. The Labute approximate surface area is 258 Å². The third-order valence-electron chi connectivity index (χ3n) is 9.71. The lowest BCUT2D eigenvalue weighted by molar-refractivity contribution is -0.401. The number of rotatable bonds is 4. The van der Waals surface area contributed by atoms with E-state index in [1.54, 1.807) is 0 Å². The molecule has 0 spiro atoms. The van der Waals surface area contributed by atoms with E-state index in [1.807, 2.05) is 0 Å². The van der Waals surface area contributed by atoms with Gasteiger partial charge in [-0.15, -0.1) is 0 Å². The molecule has 0 saturated carbocycles. The first kappa shape index (κ1) is 29.9. The van der Waals surface area contributed by atoms with Crippen LogP contribution in [0.1, 0.15) is 69.2 Å². The zero-order valence-corrected chi connectivity index (χ0v) is 26.9. The first-order valence-electron chi connectivity index (χ1n) is 15.0. The molecule has 0 atom stereocenters. The molecule has 2 nitrogen and oxygen atoms in total. The molecule has 0 radical (unpaired) electrons. The van der Waals surface area contributed by atoms with E-state index < -0.39 is 0 Å². The summed E-state index contributed by atoms with van der Waals surface area (Å²) in [5.74, 6) is 0. The largest absolute Gasteiger partial charge is 1.00 e. The molecule has 0 fully saturated rings. The Balaban J connectivity index is 0.00000353. The van der Waals surface area contributed by atoms with Crippen molar-refractivity contribution in [2.45, 2.75) is 64.7 Å². The molecule has 0 N–H and O–H groups in total. The number of para-hydroxylation sites is 2. The van der Waals surface area contributed by atoms with E-state index >= 15 is 0 Å². The average molecular weight is 575 g/mol. The number of aryl methyl sites for hydroxylation is 1. The van der Waals surface area contributed by atoms with Gasteiger partial charge < -0.3 is 17.3 Å². The molecule has 2 aliphatic heterocycles. The molecule has 216 valence electrons. The third-order valence-corrected chi connectivity index (χ3v) is 9.71. The van der Waals surface area contributed by atoms with Gasteiger partial charge in [-0.1, -0.05) is 86.7 Å². The SMILES string of the molecule is Cc1ccccc1C1=C(C=CC2=[N+](C)c3ccccc3C2(C)C)CCCC1=CC=C1N(C)c2ccccc2C1(C)C.[Cl-]. The highest BCUT2D eigenvalue weighted by Crippen LogP contribution is 2.47. The normalized spacial score (nSPS) is 20.9. The zero-order valence-electron chi connectivity index (χ0n) is 26.1. The number of benzene rings is 3. The number of hydrogen-bond acceptors (Lipinski definition) is 1. The van der Waals surface area contributed by atoms with Gasteiger partial charge in [0.25, 0.3) is 0 Å². The summed E-state index contributed by atoms with van der Waals surface area (Å²) < 4.78 is 2.37. The van der Waals surface area contributed by atoms with Gasteiger partial charge in [0.1, 0.15) is 7.05 Å². The van der Waals surface area contributed by atoms with Crippen molar-refractivity contribution < 1.29 is 17.0 Å². The number of nitrogens with zero attached hydrogens (tertiary/aromatic N) is 2. The quantitative estimate of drug-likeness (QED) is 0.325. The van der Waals surface area contributed by atoms with Crippen LogP contribution in [0.2, 0.25) is 0 Å². The average Bonchev–Trinajstić information content (AvgIpc) is 3.28. The highest BCUT2D eigenvalue weighted by atomic mass is 35.5. The van der Waals surface area contributed by atoms with Gasteiger partial charge in [0.05, 0.1) is 5.41 Å². The van der Waals surface area contributed by atoms with Crippen molar-refractivity contribution in [1.82, 2.24) is 0 Å². The number of halogens is 1. The number of fused-ring (bicyclic) bond motifs is 2. The second-order valence-electron chi connectivity index (χ2n) is 12.9. The first-order valence-corrected chi connectivity index (χ1v) is 15.0. The molecule has 3 heteroatoms. The molecule has 42 heavy (non-hydrogen) atoms. The maximum Gasteiger partial charge on any atom is 0.209 e. The summed E-state index contributed by atoms with van der Waals surface area (Å²) in [6.07, 6.45) is 13.0. The smallest absolute Gasteiger partial charge is 0.209 e. The van der Waals surface area contributed by atoms with E-state index in [0.717, 1.165) is 19.3 Å². The maximum atomic E-state index is 2.42. The fourth-order valence-electron chi connectivity index (χ4n) is 7.42. The lowest BCUT2D eigenvalue weighted by Gasteiger charge is -2.26. The van der Waals surface area contributed by atoms with Crippen molar-refractivity contribution in [3.8, 4) is 0 Å². The maximum absolute atomic E-state index is 2.42. The van der Waals surface area contributed by atoms with Gasteiger partial charge in [-0.05, 0) is 85.6 Å². The number of allylic oxidation sites excluding steroid dienone is 8. The van der Waals surface area contributed by atoms with Crippen molar-refractivity contribution in [3.05, 3.63) is 136 Å². The highest BCUT2D eigenvalue weighted by molar-refractivity contribution is 6.03. The number of hydrogen-bond donors (Lipinski definition) is 0. The molecule has 3 aromatic carbocycles. The summed E-state index contributed by atoms with van der Waals surface area (Å²) in [5, 5.41) is 0. The Morgan fingerprint density at radius 2 is 1.43 bits per heavy atom. The minimum Gasteiger partial charge on any atom is -1.00 e. The van der Waals surface area contributed by atoms with Crippen LogP contribution in [-0.4, -0.2) is 24.4 Å². The van der Waals surface area contributed by atoms with Gasteiger partial charge in [-0.2, -0.15) is 4.58 Å². The molecule has 0 bridgehead atoms. The molecule has 6 rings (SSSR count). The number of anilines is 1. The molecule has 0 aromatic heterocycles. The van der Waals surface area contributed by atoms with Crippen LogP contribution in [0.4, 0.5) is 11.4 Å². The summed E-state index contributed by atoms with van der Waals surface area (Å²) in [6, 6.07) is 26.5. The predicted molar refractivity (Wildman–Crippen MR) is 175 cm³/mol. The van der Waals surface area contributed by atoms with E-state index in [9.17, 15) is 0 Å². The van der Waals surface area contributed by atoms with Gasteiger partial charge in [-0.25, -0.2) is 0 Å². The van der Waals surface area contributed by atoms with Crippen LogP contribution in [0.25, 0.3) is 5.57 Å². The molecule has 0 unspecified atom stereocenters. The third kappa shape index (κ3) is 4.80. The summed E-state index contributed by atoms with van der Waals surface area (Å²) >= 11 is 0. The van der Waals surface area contributed by atoms with E-state index in [2.05, 4.69) is 155 Å². The Kier molecular flexibility index (Phi) is 7.98. The topological polar surface area (TPSA) is 6.25 Å². The van der Waals surface area contributed by atoms with Crippen molar-refractivity contribution in [2.24, 2.45) is 0 Å². The Morgan fingerprint density at radius 1 is 0.762 bits per heavy atom. The lowest BCUT2D eigenvalue weighted by atomic mass is 9.79. The second kappa shape index (κ2) is 11.2. The molecule has 3 aromatic rings. The van der Waals surface area contributed by atoms with Gasteiger partial charge in [0, 0.05) is 41.6 Å². The van der Waals surface area contributed by atoms with Gasteiger partial charge in [-0.3, -0.25) is 0 Å². The lowest BCUT2D eigenvalue weighted by Crippen LogP contribution is -3.00. The van der Waals surface area contributed by atoms with Crippen LogP contribution in [0.15, 0.2) is 114 Å². The standard InChI is InChI=1S/C39H43N2.ClH/c1-27-15-8-9-18-30(27)37-28(23-25-35-38(2,3)31-19-10-12-21-33(31)40(35)6)16-14-17-29(37)24-26-36-39(4,5)32-20-11-13-22-34(32)41(36)7;/h8-13,15,18-26H,14,16-17H2,1-7H3;1H/q+1;/p-1. The van der Waals surface area contributed by atoms with Crippen LogP contribution in [0.5, 0.6) is 0 Å². The Bertz CT molecular complexity index is 1690. The summed E-state index contributed by atoms with van der Waals surface area (Å²) in [7, 11) is 4.42. The van der Waals surface area contributed by atoms with Crippen LogP contribution in [0, 0.1) is 6.92 Å². The predicted octanol–water partition coefficient (Wildman–Crippen LogP) is 6.44. The minimum absolute atomic E-state index is 0. The van der Waals surface area contributed by atoms with Crippen LogP contribution in [0.3, 0.4) is 0 Å². The van der Waals surface area contributed by atoms with E-state index in [4.69, 9.17) is 0 Å². The molecule has 3 aliphatic rings. The molecular formula is C39H43ClN2. The molecule has 1 aliphatic carbocycles. The van der Waals surface area contributed by atoms with E-state index in [0.29, 0.717) is 0 Å². The fourth-order valence-corrected chi connectivity index (χ4v) is 7.42. The summed E-state index contributed by atoms with van der Waals surface area (Å²) in [6.45, 7) is 11.6. The molecule has 0 amide bonds. The minimum atomic E-state index is -0.0311. The van der Waals surface area contributed by atoms with Crippen molar-refractivity contribution in [3.63, 3.8) is 0 Å². The molecule has 0 saturated heterocycles. The fraction of sp³-hybridized carbons (Fsp3) is 0.308. The first-order chi connectivity index (χ1) is 19.6.